The zero-order valence-corrected chi connectivity index (χ0v) is 19.5. The standard InChI is InChI=1S/C28H27ClN2O2/c1-3-7-22-12-16-26(27(20-22)32-2)33-19-6-18-31-25-9-5-4-8-24(25)30-28(31)17-13-21-10-14-23(29)15-11-21/h3-5,8-17,20H,1,6-7,18-19H2,2H3/b17-13+. The number of hydrogen-bond acceptors (Lipinski definition) is 3. The molecule has 0 aliphatic carbocycles. The number of hydrogen-bond donors (Lipinski definition) is 0. The van der Waals surface area contributed by atoms with E-state index in [9.17, 15) is 0 Å². The van der Waals surface area contributed by atoms with Gasteiger partial charge in [-0.2, -0.15) is 0 Å². The van der Waals surface area contributed by atoms with Gasteiger partial charge in [0.25, 0.3) is 0 Å². The van der Waals surface area contributed by atoms with Crippen LogP contribution in [0.25, 0.3) is 23.2 Å². The van der Waals surface area contributed by atoms with Crippen LogP contribution in [0.1, 0.15) is 23.4 Å². The van der Waals surface area contributed by atoms with Gasteiger partial charge in [0.2, 0.25) is 0 Å². The van der Waals surface area contributed by atoms with E-state index in [1.54, 1.807) is 7.11 Å². The predicted molar refractivity (Wildman–Crippen MR) is 137 cm³/mol. The molecule has 4 aromatic rings. The summed E-state index contributed by atoms with van der Waals surface area (Å²) in [6.45, 7) is 5.15. The van der Waals surface area contributed by atoms with Gasteiger partial charge in [-0.1, -0.05) is 54.1 Å². The van der Waals surface area contributed by atoms with Crippen LogP contribution in [-0.4, -0.2) is 23.3 Å². The van der Waals surface area contributed by atoms with Crippen molar-refractivity contribution in [3.63, 3.8) is 0 Å². The third kappa shape index (κ3) is 5.65. The summed E-state index contributed by atoms with van der Waals surface area (Å²) < 4.78 is 13.8. The van der Waals surface area contributed by atoms with E-state index in [0.717, 1.165) is 63.9 Å². The Bertz CT molecular complexity index is 1260. The summed E-state index contributed by atoms with van der Waals surface area (Å²) >= 11 is 6.00. The van der Waals surface area contributed by atoms with Crippen LogP contribution in [0.3, 0.4) is 0 Å². The Morgan fingerprint density at radius 3 is 2.61 bits per heavy atom. The molecule has 1 heterocycles. The molecule has 0 unspecified atom stereocenters. The van der Waals surface area contributed by atoms with Gasteiger partial charge < -0.3 is 14.0 Å². The molecule has 3 aromatic carbocycles. The highest BCUT2D eigenvalue weighted by Gasteiger charge is 2.09. The van der Waals surface area contributed by atoms with Gasteiger partial charge in [-0.3, -0.25) is 0 Å². The number of methoxy groups -OCH3 is 1. The number of aryl methyl sites for hydroxylation is 1. The maximum absolute atomic E-state index is 6.04. The van der Waals surface area contributed by atoms with E-state index in [-0.39, 0.29) is 0 Å². The first kappa shape index (κ1) is 22.7. The minimum Gasteiger partial charge on any atom is -0.493 e. The molecule has 5 heteroatoms. The Morgan fingerprint density at radius 1 is 1.00 bits per heavy atom. The number of fused-ring (bicyclic) bond motifs is 1. The number of imidazole rings is 1. The van der Waals surface area contributed by atoms with Gasteiger partial charge in [0.05, 0.1) is 24.8 Å². The molecule has 168 valence electrons. The molecule has 0 atom stereocenters. The summed E-state index contributed by atoms with van der Waals surface area (Å²) in [5.41, 5.74) is 4.32. The van der Waals surface area contributed by atoms with E-state index in [4.69, 9.17) is 26.1 Å². The van der Waals surface area contributed by atoms with Gasteiger partial charge in [0, 0.05) is 11.6 Å². The van der Waals surface area contributed by atoms with Crippen LogP contribution < -0.4 is 9.47 Å². The van der Waals surface area contributed by atoms with E-state index in [2.05, 4.69) is 23.3 Å². The lowest BCUT2D eigenvalue weighted by molar-refractivity contribution is 0.283. The Kier molecular flexibility index (Phi) is 7.48. The molecule has 4 rings (SSSR count). The summed E-state index contributed by atoms with van der Waals surface area (Å²) in [5.74, 6) is 2.41. The lowest BCUT2D eigenvalue weighted by Gasteiger charge is -2.13. The Hall–Kier alpha value is -3.50. The van der Waals surface area contributed by atoms with Crippen molar-refractivity contribution in [2.45, 2.75) is 19.4 Å². The van der Waals surface area contributed by atoms with Crippen LogP contribution in [0.5, 0.6) is 11.5 Å². The largest absolute Gasteiger partial charge is 0.493 e. The van der Waals surface area contributed by atoms with E-state index in [1.165, 1.54) is 0 Å². The van der Waals surface area contributed by atoms with Gasteiger partial charge in [0.15, 0.2) is 11.5 Å². The second kappa shape index (κ2) is 10.9. The fraction of sp³-hybridized carbons (Fsp3) is 0.179. The second-order valence-corrected chi connectivity index (χ2v) is 8.11. The van der Waals surface area contributed by atoms with Crippen molar-refractivity contribution in [3.8, 4) is 11.5 Å². The van der Waals surface area contributed by atoms with Gasteiger partial charge in [-0.05, 0) is 66.4 Å². The number of para-hydroxylation sites is 2. The number of nitrogens with zero attached hydrogens (tertiary/aromatic N) is 2. The molecule has 0 fully saturated rings. The van der Waals surface area contributed by atoms with Crippen LogP contribution in [0.4, 0.5) is 0 Å². The normalized spacial score (nSPS) is 11.2. The molecular formula is C28H27ClN2O2. The van der Waals surface area contributed by atoms with Crippen molar-refractivity contribution in [1.29, 1.82) is 0 Å². The topological polar surface area (TPSA) is 36.3 Å². The average Bonchev–Trinajstić information content (AvgIpc) is 3.19. The van der Waals surface area contributed by atoms with Gasteiger partial charge in [0.1, 0.15) is 5.82 Å². The summed E-state index contributed by atoms with van der Waals surface area (Å²) in [5, 5.41) is 0.728. The number of benzene rings is 3. The van der Waals surface area contributed by atoms with Crippen molar-refractivity contribution >= 4 is 34.8 Å². The highest BCUT2D eigenvalue weighted by molar-refractivity contribution is 6.30. The smallest absolute Gasteiger partial charge is 0.161 e. The minimum atomic E-state index is 0.573. The number of aromatic nitrogens is 2. The third-order valence-electron chi connectivity index (χ3n) is 5.37. The molecule has 0 amide bonds. The van der Waals surface area contributed by atoms with E-state index < -0.39 is 0 Å². The predicted octanol–water partition coefficient (Wildman–Crippen LogP) is 7.07. The molecule has 0 aliphatic rings. The summed E-state index contributed by atoms with van der Waals surface area (Å²) in [7, 11) is 1.66. The van der Waals surface area contributed by atoms with E-state index in [0.29, 0.717) is 6.61 Å². The highest BCUT2D eigenvalue weighted by Crippen LogP contribution is 2.28. The van der Waals surface area contributed by atoms with Crippen LogP contribution in [0.2, 0.25) is 5.02 Å². The average molecular weight is 459 g/mol. The van der Waals surface area contributed by atoms with Gasteiger partial charge >= 0.3 is 0 Å². The van der Waals surface area contributed by atoms with Gasteiger partial charge in [-0.25, -0.2) is 4.98 Å². The SMILES string of the molecule is C=CCc1ccc(OCCCn2c(/C=C/c3ccc(Cl)cc3)nc3ccccc32)c(OC)c1. The Labute approximate surface area is 199 Å². The fourth-order valence-corrected chi connectivity index (χ4v) is 3.86. The number of ether oxygens (including phenoxy) is 2. The minimum absolute atomic E-state index is 0.573. The maximum Gasteiger partial charge on any atom is 0.161 e. The van der Waals surface area contributed by atoms with E-state index in [1.807, 2.05) is 72.8 Å². The number of allylic oxidation sites excluding steroid dienone is 1. The molecule has 0 N–H and O–H groups in total. The Balaban J connectivity index is 1.46. The van der Waals surface area contributed by atoms with Crippen molar-refractivity contribution in [2.75, 3.05) is 13.7 Å². The molecule has 0 aliphatic heterocycles. The molecule has 0 radical (unpaired) electrons. The first-order chi connectivity index (χ1) is 16.2. The van der Waals surface area contributed by atoms with Gasteiger partial charge in [-0.15, -0.1) is 6.58 Å². The highest BCUT2D eigenvalue weighted by atomic mass is 35.5. The van der Waals surface area contributed by atoms with Crippen LogP contribution in [-0.2, 0) is 13.0 Å². The number of halogens is 1. The molecule has 0 spiro atoms. The van der Waals surface area contributed by atoms with E-state index >= 15 is 0 Å². The van der Waals surface area contributed by atoms with Crippen LogP contribution in [0.15, 0.2) is 79.4 Å². The first-order valence-corrected chi connectivity index (χ1v) is 11.4. The molecule has 0 saturated heterocycles. The Morgan fingerprint density at radius 2 is 1.82 bits per heavy atom. The fourth-order valence-electron chi connectivity index (χ4n) is 3.73. The molecule has 33 heavy (non-hydrogen) atoms. The monoisotopic (exact) mass is 458 g/mol. The summed E-state index contributed by atoms with van der Waals surface area (Å²) in [6, 6.07) is 22.0. The maximum atomic E-state index is 6.04. The molecule has 0 saturated carbocycles. The molecule has 1 aromatic heterocycles. The zero-order chi connectivity index (χ0) is 23.0. The lowest BCUT2D eigenvalue weighted by atomic mass is 10.1. The van der Waals surface area contributed by atoms with Crippen molar-refractivity contribution in [3.05, 3.63) is 101 Å². The summed E-state index contributed by atoms with van der Waals surface area (Å²) in [6.07, 6.45) is 7.62. The molecule has 4 nitrogen and oxygen atoms in total. The van der Waals surface area contributed by atoms with Crippen molar-refractivity contribution < 1.29 is 9.47 Å². The van der Waals surface area contributed by atoms with Crippen LogP contribution >= 0.6 is 11.6 Å². The number of rotatable bonds is 10. The van der Waals surface area contributed by atoms with Crippen LogP contribution in [0, 0.1) is 0 Å². The second-order valence-electron chi connectivity index (χ2n) is 7.68. The quantitative estimate of drug-likeness (QED) is 0.188. The lowest BCUT2D eigenvalue weighted by Crippen LogP contribution is -2.06. The molecular weight excluding hydrogens is 432 g/mol. The third-order valence-corrected chi connectivity index (χ3v) is 5.62. The van der Waals surface area contributed by atoms with Crippen molar-refractivity contribution in [2.24, 2.45) is 0 Å². The van der Waals surface area contributed by atoms with Crippen molar-refractivity contribution in [1.82, 2.24) is 9.55 Å². The summed E-state index contributed by atoms with van der Waals surface area (Å²) in [4.78, 5) is 4.82. The molecule has 0 bridgehead atoms. The zero-order valence-electron chi connectivity index (χ0n) is 18.7. The first-order valence-electron chi connectivity index (χ1n) is 11.0.